The number of nitrogens with one attached hydrogen (secondary N) is 3. The SMILES string of the molecule is CCN[C@H](C)CNC(=O)CNS(=O)(=O)CCOC(C)C. The topological polar surface area (TPSA) is 96.5 Å². The molecule has 120 valence electrons. The van der Waals surface area contributed by atoms with E-state index < -0.39 is 10.0 Å². The van der Waals surface area contributed by atoms with Gasteiger partial charge in [0, 0.05) is 12.6 Å². The molecule has 0 rings (SSSR count). The predicted octanol–water partition coefficient (Wildman–Crippen LogP) is -0.555. The Hall–Kier alpha value is -0.700. The summed E-state index contributed by atoms with van der Waals surface area (Å²) in [5.41, 5.74) is 0. The third-order valence-electron chi connectivity index (χ3n) is 2.41. The van der Waals surface area contributed by atoms with Gasteiger partial charge >= 0.3 is 0 Å². The normalized spacial score (nSPS) is 13.4. The predicted molar refractivity (Wildman–Crippen MR) is 79.0 cm³/mol. The highest BCUT2D eigenvalue weighted by molar-refractivity contribution is 7.89. The van der Waals surface area contributed by atoms with Crippen LogP contribution in [0.5, 0.6) is 0 Å². The Morgan fingerprint density at radius 1 is 1.25 bits per heavy atom. The van der Waals surface area contributed by atoms with Crippen molar-refractivity contribution in [1.29, 1.82) is 0 Å². The quantitative estimate of drug-likeness (QED) is 0.476. The second kappa shape index (κ2) is 10.1. The van der Waals surface area contributed by atoms with Crippen LogP contribution in [0.1, 0.15) is 27.7 Å². The summed E-state index contributed by atoms with van der Waals surface area (Å²) in [6.45, 7) is 8.74. The summed E-state index contributed by atoms with van der Waals surface area (Å²) in [4.78, 5) is 11.5. The fourth-order valence-electron chi connectivity index (χ4n) is 1.39. The molecule has 7 nitrogen and oxygen atoms in total. The highest BCUT2D eigenvalue weighted by Crippen LogP contribution is 1.90. The molecule has 0 radical (unpaired) electrons. The van der Waals surface area contributed by atoms with E-state index in [2.05, 4.69) is 15.4 Å². The van der Waals surface area contributed by atoms with E-state index >= 15 is 0 Å². The molecule has 0 aromatic rings. The number of likely N-dealkylation sites (N-methyl/N-ethyl adjacent to an activating group) is 1. The van der Waals surface area contributed by atoms with Gasteiger partial charge in [-0.1, -0.05) is 6.92 Å². The average Bonchev–Trinajstić information content (AvgIpc) is 2.33. The van der Waals surface area contributed by atoms with Crippen LogP contribution >= 0.6 is 0 Å². The summed E-state index contributed by atoms with van der Waals surface area (Å²) < 4.78 is 30.6. The van der Waals surface area contributed by atoms with Gasteiger partial charge in [0.25, 0.3) is 0 Å². The second-order valence-corrected chi connectivity index (χ2v) is 6.75. The standard InChI is InChI=1S/C12H27N3O4S/c1-5-13-11(4)8-14-12(16)9-15-20(17,18)7-6-19-10(2)3/h10-11,13,15H,5-9H2,1-4H3,(H,14,16)/t11-/m1/s1. The van der Waals surface area contributed by atoms with Crippen LogP contribution in [-0.4, -0.2) is 58.5 Å². The van der Waals surface area contributed by atoms with E-state index in [-0.39, 0.29) is 37.0 Å². The van der Waals surface area contributed by atoms with Crippen molar-refractivity contribution >= 4 is 15.9 Å². The number of carbonyl (C=O) groups is 1. The zero-order chi connectivity index (χ0) is 15.6. The second-order valence-electron chi connectivity index (χ2n) is 4.82. The lowest BCUT2D eigenvalue weighted by atomic mass is 10.3. The Morgan fingerprint density at radius 2 is 1.90 bits per heavy atom. The van der Waals surface area contributed by atoms with E-state index in [1.165, 1.54) is 0 Å². The molecule has 0 aliphatic heterocycles. The van der Waals surface area contributed by atoms with E-state index in [0.717, 1.165) is 6.54 Å². The van der Waals surface area contributed by atoms with Crippen LogP contribution in [0.25, 0.3) is 0 Å². The van der Waals surface area contributed by atoms with Gasteiger partial charge in [0.2, 0.25) is 15.9 Å². The first-order valence-corrected chi connectivity index (χ1v) is 8.51. The van der Waals surface area contributed by atoms with Gasteiger partial charge in [-0.05, 0) is 27.3 Å². The van der Waals surface area contributed by atoms with Gasteiger partial charge in [-0.15, -0.1) is 0 Å². The molecule has 0 saturated carbocycles. The van der Waals surface area contributed by atoms with Crippen molar-refractivity contribution in [3.63, 3.8) is 0 Å². The summed E-state index contributed by atoms with van der Waals surface area (Å²) in [5.74, 6) is -0.491. The number of amides is 1. The summed E-state index contributed by atoms with van der Waals surface area (Å²) >= 11 is 0. The Bertz CT molecular complexity index is 371. The molecule has 0 bridgehead atoms. The van der Waals surface area contributed by atoms with Crippen LogP contribution in [0, 0.1) is 0 Å². The van der Waals surface area contributed by atoms with Crippen molar-refractivity contribution in [3.05, 3.63) is 0 Å². The smallest absolute Gasteiger partial charge is 0.235 e. The highest BCUT2D eigenvalue weighted by atomic mass is 32.2. The molecular formula is C12H27N3O4S. The Balaban J connectivity index is 3.86. The molecule has 3 N–H and O–H groups in total. The third-order valence-corrected chi connectivity index (χ3v) is 3.70. The molecule has 0 aromatic carbocycles. The minimum atomic E-state index is -3.47. The van der Waals surface area contributed by atoms with Crippen LogP contribution in [0.2, 0.25) is 0 Å². The number of rotatable bonds is 11. The zero-order valence-electron chi connectivity index (χ0n) is 12.7. The minimum Gasteiger partial charge on any atom is -0.378 e. The van der Waals surface area contributed by atoms with Gasteiger partial charge in [0.15, 0.2) is 0 Å². The molecule has 0 fully saturated rings. The molecule has 0 heterocycles. The number of carbonyl (C=O) groups excluding carboxylic acids is 1. The number of sulfonamides is 1. The van der Waals surface area contributed by atoms with Gasteiger partial charge < -0.3 is 15.4 Å². The molecular weight excluding hydrogens is 282 g/mol. The van der Waals surface area contributed by atoms with Gasteiger partial charge in [-0.2, -0.15) is 0 Å². The molecule has 0 aromatic heterocycles. The fraction of sp³-hybridized carbons (Fsp3) is 0.917. The monoisotopic (exact) mass is 309 g/mol. The molecule has 0 spiro atoms. The van der Waals surface area contributed by atoms with Gasteiger partial charge in [0.05, 0.1) is 25.0 Å². The van der Waals surface area contributed by atoms with Crippen molar-refractivity contribution in [2.75, 3.05) is 32.0 Å². The molecule has 0 aliphatic rings. The summed E-state index contributed by atoms with van der Waals surface area (Å²) in [5, 5.41) is 5.80. The first-order chi connectivity index (χ1) is 9.26. The van der Waals surface area contributed by atoms with Crippen molar-refractivity contribution < 1.29 is 17.9 Å². The number of hydrogen-bond donors (Lipinski definition) is 3. The van der Waals surface area contributed by atoms with Gasteiger partial charge in [0.1, 0.15) is 0 Å². The maximum atomic E-state index is 11.6. The fourth-order valence-corrected chi connectivity index (χ4v) is 2.20. The summed E-state index contributed by atoms with van der Waals surface area (Å²) in [6.07, 6.45) is -0.0129. The summed E-state index contributed by atoms with van der Waals surface area (Å²) in [6, 6.07) is 0.153. The van der Waals surface area contributed by atoms with Crippen molar-refractivity contribution in [3.8, 4) is 0 Å². The summed E-state index contributed by atoms with van der Waals surface area (Å²) in [7, 11) is -3.47. The Morgan fingerprint density at radius 3 is 2.45 bits per heavy atom. The van der Waals surface area contributed by atoms with Crippen LogP contribution in [0.15, 0.2) is 0 Å². The highest BCUT2D eigenvalue weighted by Gasteiger charge is 2.13. The maximum Gasteiger partial charge on any atom is 0.235 e. The Labute approximate surface area is 121 Å². The zero-order valence-corrected chi connectivity index (χ0v) is 13.5. The van der Waals surface area contributed by atoms with E-state index in [0.29, 0.717) is 6.54 Å². The lowest BCUT2D eigenvalue weighted by Crippen LogP contribution is -2.43. The van der Waals surface area contributed by atoms with Crippen LogP contribution in [-0.2, 0) is 19.6 Å². The van der Waals surface area contributed by atoms with Crippen molar-refractivity contribution in [1.82, 2.24) is 15.4 Å². The minimum absolute atomic E-state index is 0.0129. The van der Waals surface area contributed by atoms with Crippen LogP contribution < -0.4 is 15.4 Å². The molecule has 1 atom stereocenters. The first kappa shape index (κ1) is 19.3. The lowest BCUT2D eigenvalue weighted by Gasteiger charge is -2.13. The van der Waals surface area contributed by atoms with Crippen molar-refractivity contribution in [2.24, 2.45) is 0 Å². The molecule has 0 saturated heterocycles. The molecule has 0 unspecified atom stereocenters. The van der Waals surface area contributed by atoms with Gasteiger partial charge in [-0.3, -0.25) is 4.79 Å². The maximum absolute atomic E-state index is 11.6. The van der Waals surface area contributed by atoms with E-state index in [9.17, 15) is 13.2 Å². The number of hydrogen-bond acceptors (Lipinski definition) is 5. The molecule has 8 heteroatoms. The molecule has 1 amide bonds. The van der Waals surface area contributed by atoms with Crippen LogP contribution in [0.3, 0.4) is 0 Å². The van der Waals surface area contributed by atoms with E-state index in [4.69, 9.17) is 4.74 Å². The van der Waals surface area contributed by atoms with Crippen LogP contribution in [0.4, 0.5) is 0 Å². The largest absolute Gasteiger partial charge is 0.378 e. The van der Waals surface area contributed by atoms with Gasteiger partial charge in [-0.25, -0.2) is 13.1 Å². The number of ether oxygens (including phenoxy) is 1. The first-order valence-electron chi connectivity index (χ1n) is 6.85. The van der Waals surface area contributed by atoms with Crippen molar-refractivity contribution in [2.45, 2.75) is 39.8 Å². The Kier molecular flexibility index (Phi) is 9.74. The molecule has 0 aliphatic carbocycles. The molecule has 20 heavy (non-hydrogen) atoms. The average molecular weight is 309 g/mol. The van der Waals surface area contributed by atoms with E-state index in [1.807, 2.05) is 27.7 Å². The van der Waals surface area contributed by atoms with E-state index in [1.54, 1.807) is 0 Å². The third kappa shape index (κ3) is 11.2. The lowest BCUT2D eigenvalue weighted by molar-refractivity contribution is -0.120.